The quantitative estimate of drug-likeness (QED) is 0.830. The maximum atomic E-state index is 11.9. The molecule has 2 rings (SSSR count). The van der Waals surface area contributed by atoms with Gasteiger partial charge in [0.25, 0.3) is 0 Å². The van der Waals surface area contributed by atoms with Gasteiger partial charge in [-0.15, -0.1) is 0 Å². The molecule has 1 aliphatic heterocycles. The third-order valence-corrected chi connectivity index (χ3v) is 4.05. The van der Waals surface area contributed by atoms with Crippen LogP contribution in [-0.2, 0) is 16.1 Å². The lowest BCUT2D eigenvalue weighted by Gasteiger charge is -2.20. The molecule has 1 fully saturated rings. The number of ether oxygens (including phenoxy) is 1. The number of nitrogens with zero attached hydrogens (tertiary/aromatic N) is 1. The molecule has 1 saturated heterocycles. The normalized spacial score (nSPS) is 18.5. The van der Waals surface area contributed by atoms with Gasteiger partial charge in [0.15, 0.2) is 0 Å². The van der Waals surface area contributed by atoms with E-state index >= 15 is 0 Å². The zero-order chi connectivity index (χ0) is 16.3. The highest BCUT2D eigenvalue weighted by atomic mass is 79.9. The van der Waals surface area contributed by atoms with E-state index in [1.165, 1.54) is 0 Å². The number of anilines is 1. The summed E-state index contributed by atoms with van der Waals surface area (Å²) in [6, 6.07) is 7.43. The van der Waals surface area contributed by atoms with Crippen molar-refractivity contribution in [3.63, 3.8) is 0 Å². The summed E-state index contributed by atoms with van der Waals surface area (Å²) in [5, 5.41) is 2.69. The van der Waals surface area contributed by atoms with Gasteiger partial charge in [0.1, 0.15) is 5.60 Å². The summed E-state index contributed by atoms with van der Waals surface area (Å²) in [7, 11) is 0. The van der Waals surface area contributed by atoms with E-state index in [4.69, 9.17) is 4.74 Å². The van der Waals surface area contributed by atoms with Crippen LogP contribution < -0.4 is 5.32 Å². The summed E-state index contributed by atoms with van der Waals surface area (Å²) in [5.74, 6) is 0.135. The number of alkyl halides is 1. The van der Waals surface area contributed by atoms with Crippen LogP contribution in [0.25, 0.3) is 0 Å². The van der Waals surface area contributed by atoms with E-state index in [2.05, 4.69) is 21.2 Å². The van der Waals surface area contributed by atoms with E-state index in [1.807, 2.05) is 49.9 Å². The number of hydrogen-bond acceptors (Lipinski definition) is 3. The largest absolute Gasteiger partial charge is 0.444 e. The molecule has 0 spiro atoms. The molecule has 1 unspecified atom stereocenters. The summed E-state index contributed by atoms with van der Waals surface area (Å²) in [5.41, 5.74) is 1.18. The first-order valence-corrected chi connectivity index (χ1v) is 8.18. The lowest BCUT2D eigenvalue weighted by atomic mass is 10.2. The minimum atomic E-state index is -0.521. The van der Waals surface area contributed by atoms with Gasteiger partial charge in [-0.25, -0.2) is 4.79 Å². The molecular formula is C16H21BrN2O3. The Morgan fingerprint density at radius 1 is 1.36 bits per heavy atom. The molecule has 0 aliphatic carbocycles. The number of carbonyl (C=O) groups excluding carboxylic acids is 2. The number of halogens is 1. The topological polar surface area (TPSA) is 58.6 Å². The van der Waals surface area contributed by atoms with Crippen LogP contribution in [0.5, 0.6) is 0 Å². The van der Waals surface area contributed by atoms with Crippen LogP contribution in [0.2, 0.25) is 0 Å². The molecule has 6 heteroatoms. The number of nitrogens with one attached hydrogen (secondary N) is 1. The van der Waals surface area contributed by atoms with Crippen molar-refractivity contribution >= 4 is 33.6 Å². The SMILES string of the molecule is CC(C)(C)OC(=O)Nc1ccc(CN2CCC(Br)C2=O)cc1. The highest BCUT2D eigenvalue weighted by Crippen LogP contribution is 2.21. The van der Waals surface area contributed by atoms with Gasteiger partial charge >= 0.3 is 6.09 Å². The summed E-state index contributed by atoms with van der Waals surface area (Å²) < 4.78 is 5.20. The van der Waals surface area contributed by atoms with Crippen LogP contribution in [-0.4, -0.2) is 33.9 Å². The Morgan fingerprint density at radius 2 is 2.00 bits per heavy atom. The smallest absolute Gasteiger partial charge is 0.412 e. The van der Waals surface area contributed by atoms with E-state index < -0.39 is 11.7 Å². The molecule has 0 saturated carbocycles. The third kappa shape index (κ3) is 4.73. The number of amides is 2. The van der Waals surface area contributed by atoms with Gasteiger partial charge in [-0.2, -0.15) is 0 Å². The molecule has 22 heavy (non-hydrogen) atoms. The van der Waals surface area contributed by atoms with Crippen molar-refractivity contribution in [1.82, 2.24) is 4.90 Å². The number of likely N-dealkylation sites (tertiary alicyclic amines) is 1. The lowest BCUT2D eigenvalue weighted by Crippen LogP contribution is -2.27. The molecule has 5 nitrogen and oxygen atoms in total. The van der Waals surface area contributed by atoms with Crippen LogP contribution >= 0.6 is 15.9 Å². The fourth-order valence-corrected chi connectivity index (χ4v) is 2.69. The van der Waals surface area contributed by atoms with Crippen molar-refractivity contribution in [2.45, 2.75) is 44.2 Å². The van der Waals surface area contributed by atoms with Gasteiger partial charge in [0, 0.05) is 18.8 Å². The summed E-state index contributed by atoms with van der Waals surface area (Å²) in [6.45, 7) is 6.82. The van der Waals surface area contributed by atoms with E-state index in [-0.39, 0.29) is 10.7 Å². The molecule has 1 aromatic carbocycles. The first-order chi connectivity index (χ1) is 10.2. The molecule has 1 N–H and O–H groups in total. The average molecular weight is 369 g/mol. The Labute approximate surface area is 139 Å². The van der Waals surface area contributed by atoms with Gasteiger partial charge in [0.2, 0.25) is 5.91 Å². The van der Waals surface area contributed by atoms with Gasteiger partial charge in [0.05, 0.1) is 4.83 Å². The van der Waals surface area contributed by atoms with Crippen LogP contribution in [0, 0.1) is 0 Å². The zero-order valence-electron chi connectivity index (χ0n) is 13.1. The van der Waals surface area contributed by atoms with Crippen molar-refractivity contribution in [1.29, 1.82) is 0 Å². The maximum absolute atomic E-state index is 11.9. The minimum absolute atomic E-state index is 0.0550. The van der Waals surface area contributed by atoms with Crippen LogP contribution in [0.3, 0.4) is 0 Å². The van der Waals surface area contributed by atoms with Crippen molar-refractivity contribution < 1.29 is 14.3 Å². The Balaban J connectivity index is 1.90. The monoisotopic (exact) mass is 368 g/mol. The fourth-order valence-electron chi connectivity index (χ4n) is 2.19. The molecule has 1 heterocycles. The molecule has 1 aromatic rings. The van der Waals surface area contributed by atoms with Gasteiger partial charge in [-0.05, 0) is 44.9 Å². The Bertz CT molecular complexity index is 552. The van der Waals surface area contributed by atoms with E-state index in [1.54, 1.807) is 0 Å². The third-order valence-electron chi connectivity index (χ3n) is 3.20. The van der Waals surface area contributed by atoms with Crippen LogP contribution in [0.15, 0.2) is 24.3 Å². The highest BCUT2D eigenvalue weighted by Gasteiger charge is 2.29. The maximum Gasteiger partial charge on any atom is 0.412 e. The van der Waals surface area contributed by atoms with E-state index in [0.717, 1.165) is 18.5 Å². The molecule has 120 valence electrons. The number of benzene rings is 1. The summed E-state index contributed by atoms with van der Waals surface area (Å²) in [4.78, 5) is 25.3. The van der Waals surface area contributed by atoms with Gasteiger partial charge < -0.3 is 9.64 Å². The fraction of sp³-hybridized carbons (Fsp3) is 0.500. The van der Waals surface area contributed by atoms with E-state index in [9.17, 15) is 9.59 Å². The Kier molecular flexibility index (Phi) is 5.11. The number of rotatable bonds is 3. The second-order valence-electron chi connectivity index (χ2n) is 6.34. The standard InChI is InChI=1S/C16H21BrN2O3/c1-16(2,3)22-15(21)18-12-6-4-11(5-7-12)10-19-9-8-13(17)14(19)20/h4-7,13H,8-10H2,1-3H3,(H,18,21). The Hall–Kier alpha value is -1.56. The zero-order valence-corrected chi connectivity index (χ0v) is 14.6. The molecular weight excluding hydrogens is 348 g/mol. The Morgan fingerprint density at radius 3 is 2.50 bits per heavy atom. The molecule has 2 amide bonds. The second-order valence-corrected chi connectivity index (χ2v) is 7.45. The van der Waals surface area contributed by atoms with Crippen molar-refractivity contribution in [2.75, 3.05) is 11.9 Å². The minimum Gasteiger partial charge on any atom is -0.444 e. The lowest BCUT2D eigenvalue weighted by molar-refractivity contribution is -0.127. The number of hydrogen-bond donors (Lipinski definition) is 1. The molecule has 0 radical (unpaired) electrons. The first kappa shape index (κ1) is 16.8. The predicted octanol–water partition coefficient (Wildman–Crippen LogP) is 3.53. The van der Waals surface area contributed by atoms with Crippen molar-refractivity contribution in [3.05, 3.63) is 29.8 Å². The molecule has 1 aliphatic rings. The first-order valence-electron chi connectivity index (χ1n) is 7.26. The number of carbonyl (C=O) groups is 2. The van der Waals surface area contributed by atoms with Crippen LogP contribution in [0.4, 0.5) is 10.5 Å². The van der Waals surface area contributed by atoms with Crippen molar-refractivity contribution in [3.8, 4) is 0 Å². The van der Waals surface area contributed by atoms with Crippen LogP contribution in [0.1, 0.15) is 32.8 Å². The summed E-state index contributed by atoms with van der Waals surface area (Å²) >= 11 is 3.37. The predicted molar refractivity (Wildman–Crippen MR) is 89.0 cm³/mol. The van der Waals surface area contributed by atoms with Gasteiger partial charge in [-0.3, -0.25) is 10.1 Å². The second kappa shape index (κ2) is 6.69. The van der Waals surface area contributed by atoms with E-state index in [0.29, 0.717) is 12.2 Å². The van der Waals surface area contributed by atoms with Crippen molar-refractivity contribution in [2.24, 2.45) is 0 Å². The summed E-state index contributed by atoms with van der Waals surface area (Å²) in [6.07, 6.45) is 0.369. The molecule has 1 atom stereocenters. The van der Waals surface area contributed by atoms with Gasteiger partial charge in [-0.1, -0.05) is 28.1 Å². The highest BCUT2D eigenvalue weighted by molar-refractivity contribution is 9.10. The molecule has 0 bridgehead atoms. The average Bonchev–Trinajstić information content (AvgIpc) is 2.71. The molecule has 0 aromatic heterocycles.